The summed E-state index contributed by atoms with van der Waals surface area (Å²) >= 11 is 0. The van der Waals surface area contributed by atoms with Crippen LogP contribution in [0.4, 0.5) is 5.82 Å². The third-order valence-corrected chi connectivity index (χ3v) is 14.6. The van der Waals surface area contributed by atoms with E-state index in [4.69, 9.17) is 0 Å². The van der Waals surface area contributed by atoms with E-state index >= 15 is 0 Å². The monoisotopic (exact) mass is 953 g/mol. The molecule has 0 bridgehead atoms. The molecule has 4 fully saturated rings. The Hall–Kier alpha value is -6.28. The van der Waals surface area contributed by atoms with E-state index in [2.05, 4.69) is 153 Å². The smallest absolute Gasteiger partial charge is 0.251 e. The van der Waals surface area contributed by atoms with Crippen LogP contribution in [0.3, 0.4) is 0 Å². The number of carbonyl (C=O) groups excluding carboxylic acids is 2. The van der Waals surface area contributed by atoms with Gasteiger partial charge in [0.15, 0.2) is 0 Å². The van der Waals surface area contributed by atoms with Crippen LogP contribution in [-0.4, -0.2) is 137 Å². The molecule has 4 saturated heterocycles. The first-order chi connectivity index (χ1) is 34.9. The van der Waals surface area contributed by atoms with Crippen molar-refractivity contribution >= 4 is 17.6 Å². The molecule has 0 saturated carbocycles. The first-order valence-corrected chi connectivity index (χ1v) is 26.0. The van der Waals surface area contributed by atoms with E-state index in [1.165, 1.54) is 27.8 Å². The van der Waals surface area contributed by atoms with Gasteiger partial charge in [-0.1, -0.05) is 91.0 Å². The lowest BCUT2D eigenvalue weighted by atomic mass is 10.0. The van der Waals surface area contributed by atoms with Crippen molar-refractivity contribution in [2.24, 2.45) is 0 Å². The van der Waals surface area contributed by atoms with E-state index < -0.39 is 0 Å². The van der Waals surface area contributed by atoms with Crippen molar-refractivity contribution in [2.75, 3.05) is 83.4 Å². The van der Waals surface area contributed by atoms with Crippen molar-refractivity contribution in [1.29, 1.82) is 0 Å². The molecule has 0 aliphatic carbocycles. The number of carbonyl (C=O) groups is 2. The van der Waals surface area contributed by atoms with Crippen molar-refractivity contribution in [3.8, 4) is 0 Å². The number of anilines is 1. The van der Waals surface area contributed by atoms with E-state index in [1.807, 2.05) is 55.0 Å². The Bertz CT molecular complexity index is 2490. The number of hydrogen-bond acceptors (Lipinski definition) is 10. The molecule has 4 aliphatic rings. The second kappa shape index (κ2) is 25.7. The molecule has 6 aromatic rings. The largest absolute Gasteiger partial charge is 0.354 e. The summed E-state index contributed by atoms with van der Waals surface area (Å²) in [7, 11) is 0. The Morgan fingerprint density at radius 1 is 0.380 bits per heavy atom. The molecule has 6 heterocycles. The number of piperazine rings is 2. The van der Waals surface area contributed by atoms with Crippen LogP contribution in [0.5, 0.6) is 0 Å². The maximum Gasteiger partial charge on any atom is 0.251 e. The van der Waals surface area contributed by atoms with Crippen LogP contribution in [0.15, 0.2) is 158 Å². The summed E-state index contributed by atoms with van der Waals surface area (Å²) in [5, 5.41) is 6.51. The normalized spacial score (nSPS) is 18.1. The molecule has 370 valence electrons. The topological polar surface area (TPSA) is 103 Å². The van der Waals surface area contributed by atoms with E-state index in [1.54, 1.807) is 0 Å². The van der Waals surface area contributed by atoms with Gasteiger partial charge in [-0.25, -0.2) is 4.98 Å². The maximum atomic E-state index is 12.8. The summed E-state index contributed by atoms with van der Waals surface area (Å²) in [4.78, 5) is 49.0. The van der Waals surface area contributed by atoms with E-state index in [9.17, 15) is 9.59 Å². The second-order valence-electron chi connectivity index (χ2n) is 19.8. The fraction of sp³-hybridized carbons (Fsp3) is 0.390. The lowest BCUT2D eigenvalue weighted by molar-refractivity contribution is 0.0900. The van der Waals surface area contributed by atoms with E-state index in [0.717, 1.165) is 154 Å². The van der Waals surface area contributed by atoms with Gasteiger partial charge in [0, 0.05) is 153 Å². The number of pyridine rings is 2. The zero-order valence-electron chi connectivity index (χ0n) is 41.4. The summed E-state index contributed by atoms with van der Waals surface area (Å²) in [6.45, 7) is 17.2. The maximum absolute atomic E-state index is 12.8. The quantitative estimate of drug-likeness (QED) is 0.107. The Balaban J connectivity index is 0.000000176. The van der Waals surface area contributed by atoms with Gasteiger partial charge < -0.3 is 15.5 Å². The van der Waals surface area contributed by atoms with Crippen LogP contribution < -0.4 is 15.5 Å². The fourth-order valence-corrected chi connectivity index (χ4v) is 10.3. The predicted molar refractivity (Wildman–Crippen MR) is 284 cm³/mol. The molecule has 0 atom stereocenters. The van der Waals surface area contributed by atoms with Gasteiger partial charge >= 0.3 is 0 Å². The highest BCUT2D eigenvalue weighted by atomic mass is 16.2. The lowest BCUT2D eigenvalue weighted by Gasteiger charge is -2.35. The van der Waals surface area contributed by atoms with Crippen LogP contribution in [0.2, 0.25) is 0 Å². The predicted octanol–water partition coefficient (Wildman–Crippen LogP) is 7.59. The van der Waals surface area contributed by atoms with Gasteiger partial charge in [0.25, 0.3) is 11.8 Å². The number of nitrogens with zero attached hydrogens (tertiary/aromatic N) is 8. The molecule has 12 nitrogen and oxygen atoms in total. The molecule has 12 heteroatoms. The molecule has 2 amide bonds. The van der Waals surface area contributed by atoms with Crippen LogP contribution in [0.1, 0.15) is 74.2 Å². The van der Waals surface area contributed by atoms with Gasteiger partial charge in [-0.3, -0.25) is 39.1 Å². The SMILES string of the molecule is O=C(NC1CCN(Cc2ccccc2)CC1)c1ccc(CN2CCN(c3ccccn3)CC2)cc1.O=C(NC1CCN(Cc2ccncc2)CC1)c1ccc(CN2CCN(Cc3ccccc3)CC2)cc1. The summed E-state index contributed by atoms with van der Waals surface area (Å²) in [6, 6.07) is 48.4. The minimum atomic E-state index is 0.0436. The number of benzene rings is 4. The molecule has 2 aromatic heterocycles. The standard InChI is InChI=1S/C30H37N5O.C29H35N5O/c36-30(32-29-12-16-33(17-13-29)24-27-10-14-31-15-11-27)28-8-6-26(7-9-28)23-35-20-18-34(19-21-35)22-25-4-2-1-3-5-25;35-29(31-27-13-16-32(17-14-27)22-24-6-2-1-3-7-24)26-11-9-25(10-12-26)23-33-18-20-34(21-19-33)28-8-4-5-15-30-28/h1-11,14-15,29H,12-13,16-24H2,(H,32,36);1-12,15,27H,13-14,16-23H2,(H,31,35). The first kappa shape index (κ1) is 49.7. The lowest BCUT2D eigenvalue weighted by Crippen LogP contribution is -2.46. The highest BCUT2D eigenvalue weighted by Crippen LogP contribution is 2.19. The Morgan fingerprint density at radius 3 is 1.13 bits per heavy atom. The van der Waals surface area contributed by atoms with Crippen LogP contribution in [0, 0.1) is 0 Å². The minimum Gasteiger partial charge on any atom is -0.354 e. The summed E-state index contributed by atoms with van der Waals surface area (Å²) in [5.74, 6) is 1.15. The molecule has 0 radical (unpaired) electrons. The second-order valence-corrected chi connectivity index (χ2v) is 19.8. The van der Waals surface area contributed by atoms with Gasteiger partial charge in [0.2, 0.25) is 0 Å². The fourth-order valence-electron chi connectivity index (χ4n) is 10.3. The summed E-state index contributed by atoms with van der Waals surface area (Å²) in [6.07, 6.45) is 9.54. The highest BCUT2D eigenvalue weighted by Gasteiger charge is 2.24. The third kappa shape index (κ3) is 15.4. The first-order valence-electron chi connectivity index (χ1n) is 26.0. The molecule has 2 N–H and O–H groups in total. The Kier molecular flexibility index (Phi) is 18.0. The number of aromatic nitrogens is 2. The van der Waals surface area contributed by atoms with Gasteiger partial charge in [-0.15, -0.1) is 0 Å². The van der Waals surface area contributed by atoms with E-state index in [0.29, 0.717) is 0 Å². The van der Waals surface area contributed by atoms with Crippen LogP contribution in [0.25, 0.3) is 0 Å². The van der Waals surface area contributed by atoms with Crippen LogP contribution in [-0.2, 0) is 32.7 Å². The molecule has 0 spiro atoms. The highest BCUT2D eigenvalue weighted by molar-refractivity contribution is 5.95. The van der Waals surface area contributed by atoms with Gasteiger partial charge in [0.05, 0.1) is 0 Å². The average Bonchev–Trinajstić information content (AvgIpc) is 3.42. The van der Waals surface area contributed by atoms with Crippen molar-refractivity contribution in [2.45, 2.75) is 70.5 Å². The Morgan fingerprint density at radius 2 is 0.732 bits per heavy atom. The number of piperidine rings is 2. The van der Waals surface area contributed by atoms with Crippen LogP contribution >= 0.6 is 0 Å². The number of rotatable bonds is 15. The van der Waals surface area contributed by atoms with Gasteiger partial charge in [0.1, 0.15) is 5.82 Å². The van der Waals surface area contributed by atoms with Crippen molar-refractivity contribution < 1.29 is 9.59 Å². The summed E-state index contributed by atoms with van der Waals surface area (Å²) < 4.78 is 0. The molecule has 71 heavy (non-hydrogen) atoms. The van der Waals surface area contributed by atoms with E-state index in [-0.39, 0.29) is 23.9 Å². The molecular weight excluding hydrogens is 881 g/mol. The summed E-state index contributed by atoms with van der Waals surface area (Å²) in [5.41, 5.74) is 8.06. The van der Waals surface area contributed by atoms with Crippen molar-refractivity contribution in [3.63, 3.8) is 0 Å². The zero-order chi connectivity index (χ0) is 48.5. The molecule has 4 aliphatic heterocycles. The molecule has 10 rings (SSSR count). The molecule has 4 aromatic carbocycles. The number of nitrogens with one attached hydrogen (secondary N) is 2. The molecular formula is C59H72N10O2. The average molecular weight is 953 g/mol. The number of hydrogen-bond donors (Lipinski definition) is 2. The number of likely N-dealkylation sites (tertiary alicyclic amines) is 2. The number of amides is 2. The van der Waals surface area contributed by atoms with Gasteiger partial charge in [-0.05, 0) is 102 Å². The van der Waals surface area contributed by atoms with Crippen molar-refractivity contribution in [1.82, 2.24) is 45.1 Å². The van der Waals surface area contributed by atoms with Crippen molar-refractivity contribution in [3.05, 3.63) is 197 Å². The third-order valence-electron chi connectivity index (χ3n) is 14.6. The zero-order valence-corrected chi connectivity index (χ0v) is 41.4. The molecule has 0 unspecified atom stereocenters. The van der Waals surface area contributed by atoms with Gasteiger partial charge in [-0.2, -0.15) is 0 Å². The minimum absolute atomic E-state index is 0.0436. The Labute approximate surface area is 421 Å².